The lowest BCUT2D eigenvalue weighted by molar-refractivity contribution is 0.220. The molecule has 0 unspecified atom stereocenters. The van der Waals surface area contributed by atoms with E-state index >= 15 is 0 Å². The van der Waals surface area contributed by atoms with Crippen LogP contribution >= 0.6 is 0 Å². The third-order valence-electron chi connectivity index (χ3n) is 4.43. The second-order valence-corrected chi connectivity index (χ2v) is 6.19. The molecule has 1 saturated heterocycles. The van der Waals surface area contributed by atoms with E-state index in [9.17, 15) is 4.79 Å². The van der Waals surface area contributed by atoms with Crippen LogP contribution in [0.2, 0.25) is 0 Å². The Morgan fingerprint density at radius 2 is 2.21 bits per heavy atom. The third kappa shape index (κ3) is 2.49. The Balaban J connectivity index is 1.48. The lowest BCUT2D eigenvalue weighted by Gasteiger charge is -2.18. The number of aryl methyl sites for hydroxylation is 2. The molecule has 1 atom stereocenters. The van der Waals surface area contributed by atoms with E-state index in [-0.39, 0.29) is 12.1 Å². The molecule has 1 fully saturated rings. The van der Waals surface area contributed by atoms with Crippen LogP contribution in [-0.2, 0) is 0 Å². The summed E-state index contributed by atoms with van der Waals surface area (Å²) < 4.78 is 2.03. The van der Waals surface area contributed by atoms with Gasteiger partial charge < -0.3 is 10.2 Å². The Morgan fingerprint density at radius 3 is 3.00 bits per heavy atom. The summed E-state index contributed by atoms with van der Waals surface area (Å²) in [5.41, 5.74) is 4.20. The molecular weight excluding hydrogens is 306 g/mol. The van der Waals surface area contributed by atoms with E-state index < -0.39 is 0 Å². The summed E-state index contributed by atoms with van der Waals surface area (Å²) in [5.74, 6) is 0. The number of hydrogen-bond acceptors (Lipinski definition) is 4. The molecule has 1 aromatic carbocycles. The number of carbonyl (C=O) groups is 1. The summed E-state index contributed by atoms with van der Waals surface area (Å²) in [6, 6.07) is 7.71. The van der Waals surface area contributed by atoms with Crippen molar-refractivity contribution in [1.29, 1.82) is 0 Å². The molecule has 0 radical (unpaired) electrons. The van der Waals surface area contributed by atoms with Crippen LogP contribution in [0.4, 0.5) is 10.5 Å². The summed E-state index contributed by atoms with van der Waals surface area (Å²) in [4.78, 5) is 14.4. The number of para-hydroxylation sites is 1. The highest BCUT2D eigenvalue weighted by Gasteiger charge is 2.29. The topological polar surface area (TPSA) is 91.7 Å². The zero-order valence-electron chi connectivity index (χ0n) is 13.7. The van der Waals surface area contributed by atoms with Gasteiger partial charge in [0.05, 0.1) is 17.4 Å². The van der Waals surface area contributed by atoms with Crippen LogP contribution in [0.3, 0.4) is 0 Å². The third-order valence-corrected chi connectivity index (χ3v) is 4.43. The minimum absolute atomic E-state index is 0.116. The van der Waals surface area contributed by atoms with Gasteiger partial charge in [0, 0.05) is 18.8 Å². The molecule has 124 valence electrons. The number of hydrogen-bond donors (Lipinski definition) is 2. The largest absolute Gasteiger partial charge is 0.322 e. The lowest BCUT2D eigenvalue weighted by Crippen LogP contribution is -2.33. The van der Waals surface area contributed by atoms with Crippen molar-refractivity contribution in [3.05, 3.63) is 35.7 Å². The number of H-pyrrole nitrogens is 1. The van der Waals surface area contributed by atoms with Gasteiger partial charge in [-0.25, -0.2) is 4.79 Å². The number of benzene rings is 1. The van der Waals surface area contributed by atoms with Crippen LogP contribution in [0.15, 0.2) is 24.3 Å². The molecule has 8 nitrogen and oxygen atoms in total. The van der Waals surface area contributed by atoms with E-state index in [1.165, 1.54) is 0 Å². The van der Waals surface area contributed by atoms with E-state index in [2.05, 4.69) is 31.9 Å². The van der Waals surface area contributed by atoms with Crippen molar-refractivity contribution >= 4 is 22.8 Å². The molecule has 1 aliphatic rings. The van der Waals surface area contributed by atoms with Gasteiger partial charge >= 0.3 is 6.03 Å². The Kier molecular flexibility index (Phi) is 3.44. The number of anilines is 1. The number of rotatable bonds is 2. The fourth-order valence-electron chi connectivity index (χ4n) is 3.30. The van der Waals surface area contributed by atoms with Crippen molar-refractivity contribution in [2.75, 3.05) is 18.4 Å². The zero-order chi connectivity index (χ0) is 16.7. The fraction of sp³-hybridized carbons (Fsp3) is 0.375. The summed E-state index contributed by atoms with van der Waals surface area (Å²) in [5, 5.41) is 18.2. The van der Waals surface area contributed by atoms with E-state index in [0.717, 1.165) is 23.3 Å². The Hall–Kier alpha value is -2.90. The highest BCUT2D eigenvalue weighted by atomic mass is 16.2. The first-order chi connectivity index (χ1) is 11.6. The maximum Gasteiger partial charge on any atom is 0.321 e. The van der Waals surface area contributed by atoms with E-state index in [1.807, 2.05) is 41.6 Å². The maximum atomic E-state index is 12.6. The molecule has 0 spiro atoms. The van der Waals surface area contributed by atoms with Gasteiger partial charge in [0.25, 0.3) is 0 Å². The lowest BCUT2D eigenvalue weighted by atomic mass is 10.2. The molecule has 8 heteroatoms. The van der Waals surface area contributed by atoms with Gasteiger partial charge in [-0.2, -0.15) is 20.5 Å². The number of aromatic nitrogens is 5. The van der Waals surface area contributed by atoms with Crippen molar-refractivity contribution < 1.29 is 4.79 Å². The number of amides is 2. The minimum atomic E-state index is -0.116. The average molecular weight is 325 g/mol. The molecule has 2 N–H and O–H groups in total. The van der Waals surface area contributed by atoms with Crippen molar-refractivity contribution in [2.24, 2.45) is 0 Å². The van der Waals surface area contributed by atoms with Gasteiger partial charge in [-0.15, -0.1) is 0 Å². The second-order valence-electron chi connectivity index (χ2n) is 6.19. The zero-order valence-corrected chi connectivity index (χ0v) is 13.7. The molecule has 1 aliphatic heterocycles. The van der Waals surface area contributed by atoms with Gasteiger partial charge in [-0.05, 0) is 38.5 Å². The molecule has 0 aliphatic carbocycles. The van der Waals surface area contributed by atoms with Crippen molar-refractivity contribution in [3.8, 4) is 0 Å². The number of urea groups is 1. The van der Waals surface area contributed by atoms with E-state index in [4.69, 9.17) is 0 Å². The maximum absolute atomic E-state index is 12.6. The first kappa shape index (κ1) is 14.7. The van der Waals surface area contributed by atoms with Crippen molar-refractivity contribution in [3.63, 3.8) is 0 Å². The van der Waals surface area contributed by atoms with Crippen LogP contribution in [0.25, 0.3) is 11.0 Å². The standard InChI is InChI=1S/C16H19N7O/c1-10-8-11(2)23(20-10)12-6-7-22(9-12)16(24)17-13-4-3-5-14-15(13)19-21-18-14/h3-5,8,12H,6-7,9H2,1-2H3,(H,17,24)(H,18,19,21)/t12-/m0/s1. The number of likely N-dealkylation sites (tertiary alicyclic amines) is 1. The quantitative estimate of drug-likeness (QED) is 0.756. The molecule has 3 heterocycles. The summed E-state index contributed by atoms with van der Waals surface area (Å²) in [6.45, 7) is 5.40. The SMILES string of the molecule is Cc1cc(C)n([C@H]2CCN(C(=O)Nc3cccc4n[nH]nc34)C2)n1. The van der Waals surface area contributed by atoms with Crippen LogP contribution in [0, 0.1) is 13.8 Å². The van der Waals surface area contributed by atoms with Crippen molar-refractivity contribution in [2.45, 2.75) is 26.3 Å². The highest BCUT2D eigenvalue weighted by molar-refractivity contribution is 5.98. The number of carbonyl (C=O) groups excluding carboxylic acids is 1. The van der Waals surface area contributed by atoms with Gasteiger partial charge in [0.15, 0.2) is 0 Å². The molecule has 0 saturated carbocycles. The molecule has 0 bridgehead atoms. The monoisotopic (exact) mass is 325 g/mol. The summed E-state index contributed by atoms with van der Waals surface area (Å²) in [7, 11) is 0. The number of nitrogens with one attached hydrogen (secondary N) is 2. The molecule has 2 aromatic heterocycles. The molecule has 4 rings (SSSR count). The Labute approximate surface area is 138 Å². The Morgan fingerprint density at radius 1 is 1.33 bits per heavy atom. The van der Waals surface area contributed by atoms with E-state index in [1.54, 1.807) is 0 Å². The van der Waals surface area contributed by atoms with Gasteiger partial charge in [0.2, 0.25) is 0 Å². The van der Waals surface area contributed by atoms with Crippen LogP contribution in [0.5, 0.6) is 0 Å². The van der Waals surface area contributed by atoms with E-state index in [0.29, 0.717) is 24.3 Å². The second kappa shape index (κ2) is 5.63. The van der Waals surface area contributed by atoms with Crippen LogP contribution < -0.4 is 5.32 Å². The number of nitrogens with zero attached hydrogens (tertiary/aromatic N) is 5. The van der Waals surface area contributed by atoms with Crippen LogP contribution in [0.1, 0.15) is 23.9 Å². The highest BCUT2D eigenvalue weighted by Crippen LogP contribution is 2.25. The number of fused-ring (bicyclic) bond motifs is 1. The molecule has 3 aromatic rings. The van der Waals surface area contributed by atoms with Crippen molar-refractivity contribution in [1.82, 2.24) is 30.1 Å². The summed E-state index contributed by atoms with van der Waals surface area (Å²) in [6.07, 6.45) is 0.906. The predicted molar refractivity (Wildman–Crippen MR) is 89.8 cm³/mol. The molecule has 24 heavy (non-hydrogen) atoms. The predicted octanol–water partition coefficient (Wildman–Crippen LogP) is 2.25. The first-order valence-corrected chi connectivity index (χ1v) is 8.00. The minimum Gasteiger partial charge on any atom is -0.322 e. The van der Waals surface area contributed by atoms with Crippen LogP contribution in [-0.4, -0.2) is 49.2 Å². The van der Waals surface area contributed by atoms with Gasteiger partial charge in [-0.3, -0.25) is 4.68 Å². The number of aromatic amines is 1. The smallest absolute Gasteiger partial charge is 0.321 e. The normalized spacial score (nSPS) is 17.6. The Bertz CT molecular complexity index is 897. The first-order valence-electron chi connectivity index (χ1n) is 8.00. The fourth-order valence-corrected chi connectivity index (χ4v) is 3.30. The van der Waals surface area contributed by atoms with Gasteiger partial charge in [0.1, 0.15) is 11.0 Å². The molecule has 2 amide bonds. The summed E-state index contributed by atoms with van der Waals surface area (Å²) >= 11 is 0. The average Bonchev–Trinajstić information content (AvgIpc) is 3.26. The van der Waals surface area contributed by atoms with Gasteiger partial charge in [-0.1, -0.05) is 6.07 Å². The molecular formula is C16H19N7O.